The molecule has 12 heteroatoms. The topological polar surface area (TPSA) is 80.1 Å². The number of ether oxygens (including phenoxy) is 2. The number of rotatable bonds is 6. The second-order valence-corrected chi connectivity index (χ2v) is 11.2. The Labute approximate surface area is 240 Å². The number of aromatic nitrogens is 2. The molecule has 1 aromatic heterocycles. The van der Waals surface area contributed by atoms with Crippen LogP contribution in [0.1, 0.15) is 13.0 Å². The highest BCUT2D eigenvalue weighted by Gasteiger charge is 2.35. The van der Waals surface area contributed by atoms with Crippen LogP contribution in [0.2, 0.25) is 5.02 Å². The maximum Gasteiger partial charge on any atom is 0.350 e. The third kappa shape index (κ3) is 4.75. The van der Waals surface area contributed by atoms with Crippen molar-refractivity contribution in [3.8, 4) is 16.9 Å². The molecule has 41 heavy (non-hydrogen) atoms. The first-order chi connectivity index (χ1) is 19.7. The third-order valence-corrected chi connectivity index (χ3v) is 8.51. The van der Waals surface area contributed by atoms with Crippen molar-refractivity contribution in [2.45, 2.75) is 25.0 Å². The summed E-state index contributed by atoms with van der Waals surface area (Å²) in [4.78, 5) is 36.4. The van der Waals surface area contributed by atoms with Crippen LogP contribution in [0.15, 0.2) is 41.7 Å². The minimum atomic E-state index is -0.794. The van der Waals surface area contributed by atoms with Gasteiger partial charge in [-0.1, -0.05) is 18.2 Å². The summed E-state index contributed by atoms with van der Waals surface area (Å²) in [5.74, 6) is -1.01. The maximum absolute atomic E-state index is 15.1. The highest BCUT2D eigenvalue weighted by atomic mass is 35.5. The summed E-state index contributed by atoms with van der Waals surface area (Å²) in [5.41, 5.74) is 0.299. The molecular formula is C29H30ClF2N5O4. The highest BCUT2D eigenvalue weighted by molar-refractivity contribution is 6.35. The van der Waals surface area contributed by atoms with E-state index in [1.165, 1.54) is 12.1 Å². The van der Waals surface area contributed by atoms with Gasteiger partial charge in [0, 0.05) is 54.8 Å². The van der Waals surface area contributed by atoms with Gasteiger partial charge in [0.2, 0.25) is 5.91 Å². The predicted molar refractivity (Wildman–Crippen MR) is 152 cm³/mol. The van der Waals surface area contributed by atoms with E-state index in [0.29, 0.717) is 56.1 Å². The van der Waals surface area contributed by atoms with Crippen molar-refractivity contribution in [1.29, 1.82) is 0 Å². The first kappa shape index (κ1) is 27.6. The standard InChI is InChI=1S/C29H30ClF2N5O4/c1-4-24(38)35-7-8-36(16(2)11-35)28-21-10-22(30)25(20-6-5-17(31)9-23(20)32)27-26(21)37(29(39)33-28)18(15-41-27)12-34(3)19-13-40-14-19/h4-6,9-10,16,18-19H,1,7-8,11-15H2,2-3H3. The minimum Gasteiger partial charge on any atom is -0.488 e. The van der Waals surface area contributed by atoms with Gasteiger partial charge in [0.05, 0.1) is 35.8 Å². The Morgan fingerprint density at radius 3 is 2.68 bits per heavy atom. The molecule has 0 spiro atoms. The second kappa shape index (κ2) is 10.7. The van der Waals surface area contributed by atoms with Crippen LogP contribution in [0.5, 0.6) is 5.75 Å². The van der Waals surface area contributed by atoms with Crippen LogP contribution in [0.25, 0.3) is 22.0 Å². The molecule has 216 valence electrons. The zero-order valence-electron chi connectivity index (χ0n) is 22.8. The van der Waals surface area contributed by atoms with Crippen LogP contribution in [0, 0.1) is 11.6 Å². The van der Waals surface area contributed by atoms with Crippen molar-refractivity contribution in [1.82, 2.24) is 19.4 Å². The molecule has 0 radical (unpaired) electrons. The van der Waals surface area contributed by atoms with E-state index in [-0.39, 0.29) is 52.5 Å². The number of carbonyl (C=O) groups excluding carboxylic acids is 1. The molecule has 9 nitrogen and oxygen atoms in total. The molecule has 2 atom stereocenters. The quantitative estimate of drug-likeness (QED) is 0.410. The smallest absolute Gasteiger partial charge is 0.350 e. The van der Waals surface area contributed by atoms with Crippen molar-refractivity contribution in [2.24, 2.45) is 0 Å². The monoisotopic (exact) mass is 585 g/mol. The first-order valence-corrected chi connectivity index (χ1v) is 13.9. The molecule has 0 saturated carbocycles. The van der Waals surface area contributed by atoms with Crippen molar-refractivity contribution in [2.75, 3.05) is 57.9 Å². The molecule has 1 amide bonds. The van der Waals surface area contributed by atoms with Crippen LogP contribution in [0.3, 0.4) is 0 Å². The van der Waals surface area contributed by atoms with Crippen LogP contribution in [-0.2, 0) is 9.53 Å². The lowest BCUT2D eigenvalue weighted by atomic mass is 9.99. The Kier molecular flexibility index (Phi) is 7.21. The van der Waals surface area contributed by atoms with Crippen LogP contribution >= 0.6 is 11.6 Å². The lowest BCUT2D eigenvalue weighted by molar-refractivity contribution is -0.126. The number of amides is 1. The molecule has 3 aliphatic rings. The number of halogens is 3. The Hall–Kier alpha value is -3.54. The lowest BCUT2D eigenvalue weighted by Crippen LogP contribution is -2.54. The lowest BCUT2D eigenvalue weighted by Gasteiger charge is -2.41. The summed E-state index contributed by atoms with van der Waals surface area (Å²) < 4.78 is 42.1. The predicted octanol–water partition coefficient (Wildman–Crippen LogP) is 3.48. The first-order valence-electron chi connectivity index (χ1n) is 13.5. The van der Waals surface area contributed by atoms with Crippen LogP contribution in [0.4, 0.5) is 14.6 Å². The van der Waals surface area contributed by atoms with Gasteiger partial charge in [0.1, 0.15) is 24.1 Å². The fraction of sp³-hybridized carbons (Fsp3) is 0.414. The average molecular weight is 586 g/mol. The van der Waals surface area contributed by atoms with Crippen molar-refractivity contribution in [3.05, 3.63) is 64.1 Å². The van der Waals surface area contributed by atoms with E-state index >= 15 is 4.39 Å². The molecule has 2 saturated heterocycles. The zero-order chi connectivity index (χ0) is 29.0. The Bertz CT molecular complexity index is 1610. The number of likely N-dealkylation sites (N-methyl/N-ethyl adjacent to an activating group) is 1. The average Bonchev–Trinajstić information content (AvgIpc) is 2.90. The van der Waals surface area contributed by atoms with Crippen LogP contribution < -0.4 is 15.3 Å². The van der Waals surface area contributed by atoms with Gasteiger partial charge in [0.15, 0.2) is 5.75 Å². The van der Waals surface area contributed by atoms with Gasteiger partial charge in [-0.3, -0.25) is 14.3 Å². The molecule has 6 rings (SSSR count). The van der Waals surface area contributed by atoms with Crippen LogP contribution in [-0.4, -0.2) is 90.4 Å². The van der Waals surface area contributed by atoms with E-state index in [4.69, 9.17) is 21.1 Å². The molecule has 0 N–H and O–H groups in total. The molecule has 3 aromatic rings. The minimum absolute atomic E-state index is 0.0674. The summed E-state index contributed by atoms with van der Waals surface area (Å²) in [6.45, 7) is 8.68. The van der Waals surface area contributed by atoms with Gasteiger partial charge in [-0.15, -0.1) is 0 Å². The van der Waals surface area contributed by atoms with Crippen molar-refractivity contribution < 1.29 is 23.0 Å². The van der Waals surface area contributed by atoms with Gasteiger partial charge >= 0.3 is 5.69 Å². The van der Waals surface area contributed by atoms with E-state index in [2.05, 4.69) is 16.5 Å². The van der Waals surface area contributed by atoms with E-state index in [9.17, 15) is 14.0 Å². The summed E-state index contributed by atoms with van der Waals surface area (Å²) in [7, 11) is 1.97. The zero-order valence-corrected chi connectivity index (χ0v) is 23.5. The number of nitrogens with zero attached hydrogens (tertiary/aromatic N) is 5. The number of piperazine rings is 1. The summed E-state index contributed by atoms with van der Waals surface area (Å²) >= 11 is 6.81. The molecule has 0 aliphatic carbocycles. The Balaban J connectivity index is 1.53. The Morgan fingerprint density at radius 1 is 1.24 bits per heavy atom. The number of carbonyl (C=O) groups is 1. The summed E-state index contributed by atoms with van der Waals surface area (Å²) in [5, 5.41) is 0.757. The largest absolute Gasteiger partial charge is 0.488 e. The van der Waals surface area contributed by atoms with Gasteiger partial charge in [-0.05, 0) is 38.2 Å². The molecule has 3 aliphatic heterocycles. The van der Waals surface area contributed by atoms with Gasteiger partial charge in [0.25, 0.3) is 0 Å². The maximum atomic E-state index is 15.1. The van der Waals surface area contributed by atoms with Gasteiger partial charge < -0.3 is 19.3 Å². The molecule has 2 unspecified atom stereocenters. The number of hydrogen-bond acceptors (Lipinski definition) is 7. The second-order valence-electron chi connectivity index (χ2n) is 10.8. The molecular weight excluding hydrogens is 556 g/mol. The highest BCUT2D eigenvalue weighted by Crippen LogP contribution is 2.47. The number of hydrogen-bond donors (Lipinski definition) is 0. The van der Waals surface area contributed by atoms with Gasteiger partial charge in [-0.2, -0.15) is 4.98 Å². The Morgan fingerprint density at radius 2 is 2.02 bits per heavy atom. The molecule has 2 aromatic carbocycles. The van der Waals surface area contributed by atoms with Crippen molar-refractivity contribution in [3.63, 3.8) is 0 Å². The third-order valence-electron chi connectivity index (χ3n) is 8.21. The van der Waals surface area contributed by atoms with Gasteiger partial charge in [-0.25, -0.2) is 13.6 Å². The van der Waals surface area contributed by atoms with E-state index in [1.54, 1.807) is 15.5 Å². The van der Waals surface area contributed by atoms with E-state index < -0.39 is 17.3 Å². The number of anilines is 1. The van der Waals surface area contributed by atoms with Crippen molar-refractivity contribution >= 4 is 34.2 Å². The fourth-order valence-corrected chi connectivity index (χ4v) is 6.21. The normalized spacial score (nSPS) is 20.7. The SMILES string of the molecule is C=CC(=O)N1CCN(c2nc(=O)n3c4c(c(-c5ccc(F)cc5F)c(Cl)cc24)OCC3CN(C)C2COC2)C(C)C1. The molecule has 2 fully saturated rings. The summed E-state index contributed by atoms with van der Waals surface area (Å²) in [6, 6.07) is 4.62. The molecule has 4 heterocycles. The van der Waals surface area contributed by atoms with E-state index in [0.717, 1.165) is 12.1 Å². The summed E-state index contributed by atoms with van der Waals surface area (Å²) in [6.07, 6.45) is 1.29. The number of benzene rings is 2. The molecule has 0 bridgehead atoms. The fourth-order valence-electron chi connectivity index (χ4n) is 5.92. The van der Waals surface area contributed by atoms with E-state index in [1.807, 2.05) is 18.9 Å².